The number of carbonyl (C=O) groups excluding carboxylic acids is 1. The summed E-state index contributed by atoms with van der Waals surface area (Å²) in [5.41, 5.74) is 1.24. The van der Waals surface area contributed by atoms with E-state index in [0.29, 0.717) is 17.9 Å². The molecule has 1 aromatic carbocycles. The van der Waals surface area contributed by atoms with Crippen molar-refractivity contribution in [1.82, 2.24) is 4.90 Å². The van der Waals surface area contributed by atoms with Crippen LogP contribution in [-0.4, -0.2) is 37.1 Å². The quantitative estimate of drug-likeness (QED) is 0.857. The average molecular weight is 294 g/mol. The molecule has 3 rings (SSSR count). The number of piperidine rings is 1. The van der Waals surface area contributed by atoms with E-state index in [-0.39, 0.29) is 5.92 Å². The Morgan fingerprint density at radius 2 is 1.90 bits per heavy atom. The summed E-state index contributed by atoms with van der Waals surface area (Å²) >= 11 is 5.90. The smallest absolute Gasteiger partial charge is 0.226 e. The molecule has 0 bridgehead atoms. The van der Waals surface area contributed by atoms with Crippen LogP contribution in [0.15, 0.2) is 24.3 Å². The van der Waals surface area contributed by atoms with Crippen LogP contribution in [0.2, 0.25) is 5.02 Å². The molecule has 0 unspecified atom stereocenters. The number of hydrogen-bond acceptors (Lipinski definition) is 2. The molecule has 4 heteroatoms. The Morgan fingerprint density at radius 1 is 1.25 bits per heavy atom. The molecule has 0 aromatic heterocycles. The summed E-state index contributed by atoms with van der Waals surface area (Å²) < 4.78 is 5.35. The Hall–Kier alpha value is -1.06. The average Bonchev–Trinajstić information content (AvgIpc) is 3.28. The first kappa shape index (κ1) is 13.9. The van der Waals surface area contributed by atoms with Gasteiger partial charge >= 0.3 is 0 Å². The highest BCUT2D eigenvalue weighted by atomic mass is 35.5. The molecule has 3 nitrogen and oxygen atoms in total. The van der Waals surface area contributed by atoms with Crippen molar-refractivity contribution in [2.75, 3.05) is 20.2 Å². The second kappa shape index (κ2) is 5.74. The summed E-state index contributed by atoms with van der Waals surface area (Å²) in [6.45, 7) is 1.67. The van der Waals surface area contributed by atoms with Gasteiger partial charge < -0.3 is 9.64 Å². The van der Waals surface area contributed by atoms with Crippen molar-refractivity contribution < 1.29 is 9.53 Å². The van der Waals surface area contributed by atoms with E-state index >= 15 is 0 Å². The predicted octanol–water partition coefficient (Wildman–Crippen LogP) is 3.08. The number of amides is 1. The Labute approximate surface area is 124 Å². The van der Waals surface area contributed by atoms with Crippen molar-refractivity contribution in [3.8, 4) is 0 Å². The van der Waals surface area contributed by atoms with Crippen LogP contribution in [0.4, 0.5) is 0 Å². The second-order valence-corrected chi connectivity index (χ2v) is 6.20. The molecule has 108 valence electrons. The summed E-state index contributed by atoms with van der Waals surface area (Å²) in [5, 5.41) is 0.749. The molecule has 1 heterocycles. The summed E-state index contributed by atoms with van der Waals surface area (Å²) in [5.74, 6) is 0.884. The first-order valence-electron chi connectivity index (χ1n) is 7.26. The van der Waals surface area contributed by atoms with Gasteiger partial charge in [-0.25, -0.2) is 0 Å². The number of methoxy groups -OCH3 is 1. The molecule has 0 radical (unpaired) electrons. The highest BCUT2D eigenvalue weighted by molar-refractivity contribution is 6.30. The fourth-order valence-electron chi connectivity index (χ4n) is 3.09. The van der Waals surface area contributed by atoms with Gasteiger partial charge in [0.25, 0.3) is 0 Å². The number of halogens is 1. The zero-order valence-electron chi connectivity index (χ0n) is 11.7. The van der Waals surface area contributed by atoms with E-state index in [1.54, 1.807) is 7.11 Å². The van der Waals surface area contributed by atoms with Gasteiger partial charge in [-0.05, 0) is 42.9 Å². The molecule has 0 N–H and O–H groups in total. The van der Waals surface area contributed by atoms with Gasteiger partial charge in [0.2, 0.25) is 5.91 Å². The van der Waals surface area contributed by atoms with E-state index in [1.165, 1.54) is 5.56 Å². The zero-order chi connectivity index (χ0) is 14.1. The van der Waals surface area contributed by atoms with Gasteiger partial charge in [-0.1, -0.05) is 23.7 Å². The first-order chi connectivity index (χ1) is 9.69. The Morgan fingerprint density at radius 3 is 2.50 bits per heavy atom. The third-order valence-electron chi connectivity index (χ3n) is 4.49. The van der Waals surface area contributed by atoms with Crippen molar-refractivity contribution in [2.24, 2.45) is 5.92 Å². The standard InChI is InChI=1S/C16H20ClNO2/c1-20-13-6-8-18(9-7-13)16(19)15-10-14(15)11-2-4-12(17)5-3-11/h2-5,13-15H,6-10H2,1H3/t14-,15+/m0/s1. The SMILES string of the molecule is COC1CCN(C(=O)[C@@H]2C[C@H]2c2ccc(Cl)cc2)CC1. The van der Waals surface area contributed by atoms with Crippen LogP contribution in [0.3, 0.4) is 0 Å². The molecular weight excluding hydrogens is 274 g/mol. The van der Waals surface area contributed by atoms with Crippen LogP contribution in [-0.2, 0) is 9.53 Å². The Bertz CT molecular complexity index is 480. The molecule has 2 aliphatic rings. The molecule has 2 atom stereocenters. The third-order valence-corrected chi connectivity index (χ3v) is 4.74. The van der Waals surface area contributed by atoms with Crippen molar-refractivity contribution in [1.29, 1.82) is 0 Å². The molecule has 1 aromatic rings. The maximum absolute atomic E-state index is 12.5. The molecular formula is C16H20ClNO2. The molecule has 1 amide bonds. The molecule has 1 aliphatic heterocycles. The highest BCUT2D eigenvalue weighted by Crippen LogP contribution is 2.48. The summed E-state index contributed by atoms with van der Waals surface area (Å²) in [6.07, 6.45) is 3.22. The van der Waals surface area contributed by atoms with E-state index in [9.17, 15) is 4.79 Å². The lowest BCUT2D eigenvalue weighted by molar-refractivity contribution is -0.135. The fourth-order valence-corrected chi connectivity index (χ4v) is 3.22. The molecule has 1 saturated carbocycles. The normalized spacial score (nSPS) is 26.6. The number of hydrogen-bond donors (Lipinski definition) is 0. The van der Waals surface area contributed by atoms with Crippen LogP contribution in [0.1, 0.15) is 30.7 Å². The van der Waals surface area contributed by atoms with Gasteiger partial charge in [-0.3, -0.25) is 4.79 Å². The number of carbonyl (C=O) groups is 1. The van der Waals surface area contributed by atoms with E-state index in [2.05, 4.69) is 0 Å². The molecule has 2 fully saturated rings. The van der Waals surface area contributed by atoms with Gasteiger partial charge in [0, 0.05) is 31.1 Å². The lowest BCUT2D eigenvalue weighted by Crippen LogP contribution is -2.41. The monoisotopic (exact) mass is 293 g/mol. The summed E-state index contributed by atoms with van der Waals surface area (Å²) in [7, 11) is 1.75. The Balaban J connectivity index is 1.56. The summed E-state index contributed by atoms with van der Waals surface area (Å²) in [4.78, 5) is 14.5. The number of likely N-dealkylation sites (tertiary alicyclic amines) is 1. The van der Waals surface area contributed by atoms with Gasteiger partial charge in [-0.15, -0.1) is 0 Å². The zero-order valence-corrected chi connectivity index (χ0v) is 12.5. The third kappa shape index (κ3) is 2.84. The van der Waals surface area contributed by atoms with E-state index in [1.807, 2.05) is 29.2 Å². The predicted molar refractivity (Wildman–Crippen MR) is 78.9 cm³/mol. The van der Waals surface area contributed by atoms with Crippen molar-refractivity contribution in [3.05, 3.63) is 34.9 Å². The van der Waals surface area contributed by atoms with Crippen LogP contribution >= 0.6 is 11.6 Å². The second-order valence-electron chi connectivity index (χ2n) is 5.76. The minimum absolute atomic E-state index is 0.176. The van der Waals surface area contributed by atoms with Gasteiger partial charge in [0.05, 0.1) is 6.10 Å². The Kier molecular flexibility index (Phi) is 3.99. The minimum atomic E-state index is 0.176. The lowest BCUT2D eigenvalue weighted by atomic mass is 10.1. The number of nitrogens with zero attached hydrogens (tertiary/aromatic N) is 1. The van der Waals surface area contributed by atoms with Crippen LogP contribution in [0.25, 0.3) is 0 Å². The van der Waals surface area contributed by atoms with Crippen LogP contribution in [0, 0.1) is 5.92 Å². The van der Waals surface area contributed by atoms with Gasteiger partial charge in [0.15, 0.2) is 0 Å². The van der Waals surface area contributed by atoms with Crippen LogP contribution in [0.5, 0.6) is 0 Å². The van der Waals surface area contributed by atoms with E-state index < -0.39 is 0 Å². The lowest BCUT2D eigenvalue weighted by Gasteiger charge is -2.31. The van der Waals surface area contributed by atoms with E-state index in [4.69, 9.17) is 16.3 Å². The number of rotatable bonds is 3. The van der Waals surface area contributed by atoms with Crippen molar-refractivity contribution in [3.63, 3.8) is 0 Å². The van der Waals surface area contributed by atoms with Crippen molar-refractivity contribution >= 4 is 17.5 Å². The van der Waals surface area contributed by atoms with Crippen molar-refractivity contribution in [2.45, 2.75) is 31.3 Å². The summed E-state index contributed by atoms with van der Waals surface area (Å²) in [6, 6.07) is 7.89. The van der Waals surface area contributed by atoms with E-state index in [0.717, 1.165) is 37.4 Å². The van der Waals surface area contributed by atoms with Gasteiger partial charge in [0.1, 0.15) is 0 Å². The molecule has 20 heavy (non-hydrogen) atoms. The minimum Gasteiger partial charge on any atom is -0.381 e. The molecule has 1 saturated heterocycles. The van der Waals surface area contributed by atoms with Crippen LogP contribution < -0.4 is 0 Å². The first-order valence-corrected chi connectivity index (χ1v) is 7.64. The molecule has 1 aliphatic carbocycles. The van der Waals surface area contributed by atoms with Gasteiger partial charge in [-0.2, -0.15) is 0 Å². The maximum Gasteiger partial charge on any atom is 0.226 e. The fraction of sp³-hybridized carbons (Fsp3) is 0.562. The number of ether oxygens (including phenoxy) is 1. The number of benzene rings is 1. The largest absolute Gasteiger partial charge is 0.381 e. The maximum atomic E-state index is 12.5. The highest BCUT2D eigenvalue weighted by Gasteiger charge is 2.46. The topological polar surface area (TPSA) is 29.5 Å². The molecule has 0 spiro atoms.